The summed E-state index contributed by atoms with van der Waals surface area (Å²) >= 11 is 0. The zero-order valence-corrected chi connectivity index (χ0v) is 12.8. The van der Waals surface area contributed by atoms with Crippen LogP contribution in [0, 0.1) is 0 Å². The lowest BCUT2D eigenvalue weighted by Crippen LogP contribution is -2.42. The van der Waals surface area contributed by atoms with Crippen molar-refractivity contribution < 1.29 is 23.9 Å². The lowest BCUT2D eigenvalue weighted by Gasteiger charge is -2.15. The van der Waals surface area contributed by atoms with Gasteiger partial charge in [0, 0.05) is 6.42 Å². The van der Waals surface area contributed by atoms with Gasteiger partial charge in [0.2, 0.25) is 0 Å². The number of carbonyl (C=O) groups is 3. The second-order valence-electron chi connectivity index (χ2n) is 4.63. The van der Waals surface area contributed by atoms with Gasteiger partial charge in [-0.15, -0.1) is 10.2 Å². The molecule has 1 heterocycles. The van der Waals surface area contributed by atoms with E-state index in [1.807, 2.05) is 0 Å². The standard InChI is InChI=1S/C14H15N5O5/c1-23-13(21)10(7-8-11-16-18-19-17-11)15-14(22)24-12(20)9-5-3-2-4-6-9/h2-6,10H,7-8H2,1H3,(H,15,22)(H,16,17,18,19)/t10-/m0/s1. The minimum Gasteiger partial charge on any atom is -0.467 e. The number of nitrogens with one attached hydrogen (secondary N) is 2. The number of tetrazole rings is 1. The van der Waals surface area contributed by atoms with E-state index in [0.29, 0.717) is 5.82 Å². The number of alkyl carbamates (subject to hydrolysis) is 1. The minimum atomic E-state index is -1.05. The Kier molecular flexibility index (Phi) is 5.95. The fourth-order valence-electron chi connectivity index (χ4n) is 1.84. The largest absolute Gasteiger partial charge is 0.467 e. The molecule has 1 aromatic heterocycles. The molecule has 0 aliphatic heterocycles. The summed E-state index contributed by atoms with van der Waals surface area (Å²) in [5.74, 6) is -1.13. The van der Waals surface area contributed by atoms with E-state index >= 15 is 0 Å². The average Bonchev–Trinajstić information content (AvgIpc) is 3.12. The van der Waals surface area contributed by atoms with Crippen molar-refractivity contribution in [1.82, 2.24) is 25.9 Å². The van der Waals surface area contributed by atoms with E-state index in [0.717, 1.165) is 0 Å². The topological polar surface area (TPSA) is 136 Å². The number of benzene rings is 1. The van der Waals surface area contributed by atoms with Crippen molar-refractivity contribution in [1.29, 1.82) is 0 Å². The van der Waals surface area contributed by atoms with Crippen LogP contribution in [0.1, 0.15) is 22.6 Å². The third kappa shape index (κ3) is 4.87. The second kappa shape index (κ2) is 8.36. The zero-order chi connectivity index (χ0) is 17.4. The Morgan fingerprint density at radius 1 is 1.25 bits per heavy atom. The van der Waals surface area contributed by atoms with E-state index in [9.17, 15) is 14.4 Å². The molecule has 0 spiro atoms. The van der Waals surface area contributed by atoms with Crippen LogP contribution >= 0.6 is 0 Å². The Morgan fingerprint density at radius 2 is 2.00 bits per heavy atom. The molecule has 10 nitrogen and oxygen atoms in total. The maximum atomic E-state index is 11.8. The van der Waals surface area contributed by atoms with Crippen molar-refractivity contribution >= 4 is 18.0 Å². The number of carbonyl (C=O) groups excluding carboxylic acids is 3. The maximum Gasteiger partial charge on any atom is 0.415 e. The summed E-state index contributed by atoms with van der Waals surface area (Å²) in [5.41, 5.74) is 0.217. The molecule has 0 bridgehead atoms. The summed E-state index contributed by atoms with van der Waals surface area (Å²) in [5, 5.41) is 15.4. The van der Waals surface area contributed by atoms with E-state index in [1.165, 1.54) is 19.2 Å². The van der Waals surface area contributed by atoms with Crippen LogP contribution in [-0.4, -0.2) is 51.8 Å². The van der Waals surface area contributed by atoms with Gasteiger partial charge in [0.1, 0.15) is 6.04 Å². The number of rotatable bonds is 6. The molecule has 1 amide bonds. The Hall–Kier alpha value is -3.30. The number of aromatic amines is 1. The number of amides is 1. The maximum absolute atomic E-state index is 11.8. The predicted octanol–water partition coefficient (Wildman–Crippen LogP) is 0.240. The molecule has 0 unspecified atom stereocenters. The fourth-order valence-corrected chi connectivity index (χ4v) is 1.84. The van der Waals surface area contributed by atoms with E-state index in [2.05, 4.69) is 35.4 Å². The van der Waals surface area contributed by atoms with Crippen LogP contribution in [0.4, 0.5) is 4.79 Å². The van der Waals surface area contributed by atoms with Crippen LogP contribution in [0.15, 0.2) is 30.3 Å². The summed E-state index contributed by atoms with van der Waals surface area (Å²) < 4.78 is 9.27. The highest BCUT2D eigenvalue weighted by Crippen LogP contribution is 2.04. The summed E-state index contributed by atoms with van der Waals surface area (Å²) in [6, 6.07) is 6.99. The number of aromatic nitrogens is 4. The molecule has 24 heavy (non-hydrogen) atoms. The highest BCUT2D eigenvalue weighted by atomic mass is 16.6. The number of aryl methyl sites for hydroxylation is 1. The molecule has 2 N–H and O–H groups in total. The molecule has 0 radical (unpaired) electrons. The molecule has 0 saturated heterocycles. The molecule has 0 aliphatic rings. The summed E-state index contributed by atoms with van der Waals surface area (Å²) in [7, 11) is 1.19. The molecule has 2 rings (SSSR count). The van der Waals surface area contributed by atoms with E-state index < -0.39 is 24.1 Å². The number of methoxy groups -OCH3 is 1. The quantitative estimate of drug-likeness (QED) is 0.566. The van der Waals surface area contributed by atoms with Crippen molar-refractivity contribution in [3.05, 3.63) is 41.7 Å². The summed E-state index contributed by atoms with van der Waals surface area (Å²) in [6.45, 7) is 0. The molecule has 0 aliphatic carbocycles. The van der Waals surface area contributed by atoms with Crippen molar-refractivity contribution in [2.45, 2.75) is 18.9 Å². The lowest BCUT2D eigenvalue weighted by molar-refractivity contribution is -0.143. The Bertz CT molecular complexity index is 689. The van der Waals surface area contributed by atoms with E-state index in [4.69, 9.17) is 0 Å². The highest BCUT2D eigenvalue weighted by Gasteiger charge is 2.24. The minimum absolute atomic E-state index is 0.154. The summed E-state index contributed by atoms with van der Waals surface area (Å²) in [4.78, 5) is 35.3. The van der Waals surface area contributed by atoms with Crippen LogP contribution in [-0.2, 0) is 20.7 Å². The Balaban J connectivity index is 1.91. The molecule has 126 valence electrons. The number of esters is 2. The van der Waals surface area contributed by atoms with Gasteiger partial charge < -0.3 is 14.8 Å². The molecular weight excluding hydrogens is 318 g/mol. The fraction of sp³-hybridized carbons (Fsp3) is 0.286. The number of H-pyrrole nitrogens is 1. The Labute approximate surface area is 136 Å². The molecule has 1 atom stereocenters. The van der Waals surface area contributed by atoms with E-state index in [1.54, 1.807) is 18.2 Å². The Morgan fingerprint density at radius 3 is 2.62 bits per heavy atom. The lowest BCUT2D eigenvalue weighted by atomic mass is 10.1. The number of hydrogen-bond donors (Lipinski definition) is 2. The van der Waals surface area contributed by atoms with E-state index in [-0.39, 0.29) is 18.4 Å². The second-order valence-corrected chi connectivity index (χ2v) is 4.63. The van der Waals surface area contributed by atoms with Crippen LogP contribution in [0.2, 0.25) is 0 Å². The first-order valence-corrected chi connectivity index (χ1v) is 6.98. The van der Waals surface area contributed by atoms with Gasteiger partial charge in [-0.05, 0) is 18.6 Å². The van der Waals surface area contributed by atoms with Crippen LogP contribution in [0.5, 0.6) is 0 Å². The first-order chi connectivity index (χ1) is 11.6. The molecule has 1 aromatic carbocycles. The molecule has 2 aromatic rings. The average molecular weight is 333 g/mol. The van der Waals surface area contributed by atoms with Gasteiger partial charge in [0.05, 0.1) is 12.7 Å². The monoisotopic (exact) mass is 333 g/mol. The normalized spacial score (nSPS) is 11.4. The molecular formula is C14H15N5O5. The zero-order valence-electron chi connectivity index (χ0n) is 12.8. The third-order valence-corrected chi connectivity index (χ3v) is 3.02. The van der Waals surface area contributed by atoms with Gasteiger partial charge >= 0.3 is 18.0 Å². The number of hydrogen-bond acceptors (Lipinski definition) is 8. The van der Waals surface area contributed by atoms with Gasteiger partial charge in [-0.3, -0.25) is 0 Å². The van der Waals surface area contributed by atoms with Crippen molar-refractivity contribution in [3.8, 4) is 0 Å². The van der Waals surface area contributed by atoms with Crippen molar-refractivity contribution in [2.24, 2.45) is 0 Å². The SMILES string of the molecule is COC(=O)[C@H](CCc1nn[nH]n1)NC(=O)OC(=O)c1ccccc1. The summed E-state index contributed by atoms with van der Waals surface area (Å²) in [6.07, 6.45) is -0.628. The first-order valence-electron chi connectivity index (χ1n) is 6.98. The van der Waals surface area contributed by atoms with Crippen LogP contribution in [0.25, 0.3) is 0 Å². The molecule has 0 saturated carbocycles. The number of ether oxygens (including phenoxy) is 2. The predicted molar refractivity (Wildman–Crippen MR) is 78.7 cm³/mol. The van der Waals surface area contributed by atoms with Crippen molar-refractivity contribution in [2.75, 3.05) is 7.11 Å². The number of nitrogens with zero attached hydrogens (tertiary/aromatic N) is 3. The third-order valence-electron chi connectivity index (χ3n) is 3.02. The van der Waals surface area contributed by atoms with Gasteiger partial charge in [-0.1, -0.05) is 23.4 Å². The van der Waals surface area contributed by atoms with Crippen LogP contribution in [0.3, 0.4) is 0 Å². The van der Waals surface area contributed by atoms with Gasteiger partial charge in [0.25, 0.3) is 0 Å². The van der Waals surface area contributed by atoms with Crippen LogP contribution < -0.4 is 5.32 Å². The first kappa shape index (κ1) is 17.1. The van der Waals surface area contributed by atoms with Gasteiger partial charge in [-0.25, -0.2) is 14.4 Å². The van der Waals surface area contributed by atoms with Crippen molar-refractivity contribution in [3.63, 3.8) is 0 Å². The van der Waals surface area contributed by atoms with Gasteiger partial charge in [0.15, 0.2) is 5.82 Å². The smallest absolute Gasteiger partial charge is 0.415 e. The van der Waals surface area contributed by atoms with Gasteiger partial charge in [-0.2, -0.15) is 5.21 Å². The molecule has 0 fully saturated rings. The highest BCUT2D eigenvalue weighted by molar-refractivity contribution is 5.97. The molecule has 10 heteroatoms.